The van der Waals surface area contributed by atoms with E-state index in [1.54, 1.807) is 12.3 Å². The molecule has 0 spiro atoms. The normalized spacial score (nSPS) is 10.7. The number of nitrogens with zero attached hydrogens (tertiary/aromatic N) is 3. The predicted octanol–water partition coefficient (Wildman–Crippen LogP) is 3.64. The number of para-hydroxylation sites is 1. The number of rotatable bonds is 6. The molecule has 0 unspecified atom stereocenters. The van der Waals surface area contributed by atoms with Crippen molar-refractivity contribution in [1.82, 2.24) is 9.55 Å². The Bertz CT molecular complexity index is 907. The quantitative estimate of drug-likeness (QED) is 0.693. The molecule has 0 saturated heterocycles. The number of amides is 1. The van der Waals surface area contributed by atoms with Crippen LogP contribution in [0.5, 0.6) is 0 Å². The van der Waals surface area contributed by atoms with Crippen molar-refractivity contribution in [3.8, 4) is 6.07 Å². The van der Waals surface area contributed by atoms with Gasteiger partial charge in [-0.05, 0) is 18.6 Å². The van der Waals surface area contributed by atoms with Crippen LogP contribution in [0.3, 0.4) is 0 Å². The van der Waals surface area contributed by atoms with Crippen molar-refractivity contribution >= 4 is 34.3 Å². The van der Waals surface area contributed by atoms with E-state index in [1.165, 1.54) is 11.8 Å². The van der Waals surface area contributed by atoms with Gasteiger partial charge < -0.3 is 14.3 Å². The number of carbonyl (C=O) groups is 1. The van der Waals surface area contributed by atoms with E-state index in [-0.39, 0.29) is 17.4 Å². The van der Waals surface area contributed by atoms with Gasteiger partial charge in [-0.25, -0.2) is 4.98 Å². The highest BCUT2D eigenvalue weighted by molar-refractivity contribution is 7.99. The summed E-state index contributed by atoms with van der Waals surface area (Å²) in [6, 6.07) is 9.22. The number of carbonyl (C=O) groups excluding carboxylic acids is 1. The molecular formula is C17H16N4O2S. The summed E-state index contributed by atoms with van der Waals surface area (Å²) in [7, 11) is 0. The maximum absolute atomic E-state index is 12.3. The van der Waals surface area contributed by atoms with Gasteiger partial charge in [0, 0.05) is 24.3 Å². The average Bonchev–Trinajstić information content (AvgIpc) is 3.18. The number of hydrogen-bond donors (Lipinski definition) is 1. The van der Waals surface area contributed by atoms with Gasteiger partial charge in [0.1, 0.15) is 17.3 Å². The van der Waals surface area contributed by atoms with E-state index < -0.39 is 0 Å². The van der Waals surface area contributed by atoms with Gasteiger partial charge in [0.05, 0.1) is 5.75 Å². The highest BCUT2D eigenvalue weighted by atomic mass is 32.2. The number of nitrogens with one attached hydrogen (secondary N) is 1. The standard InChI is InChI=1S/C17H16N4O2S/c1-2-8-21-9-7-19-17(21)24-11-15(22)20-16-12-5-3-4-6-13(12)23-14(16)10-18/h3-7,9H,2,8,11H2,1H3,(H,20,22). The molecule has 0 aliphatic carbocycles. The highest BCUT2D eigenvalue weighted by Crippen LogP contribution is 2.30. The van der Waals surface area contributed by atoms with Crippen LogP contribution in [0.1, 0.15) is 19.1 Å². The molecule has 3 aromatic rings. The van der Waals surface area contributed by atoms with Crippen LogP contribution in [-0.4, -0.2) is 21.2 Å². The van der Waals surface area contributed by atoms with Crippen molar-refractivity contribution in [3.05, 3.63) is 42.4 Å². The van der Waals surface area contributed by atoms with Crippen LogP contribution >= 0.6 is 11.8 Å². The molecule has 2 heterocycles. The van der Waals surface area contributed by atoms with Gasteiger partial charge in [-0.2, -0.15) is 5.26 Å². The first-order valence-electron chi connectivity index (χ1n) is 7.58. The van der Waals surface area contributed by atoms with Gasteiger partial charge in [-0.1, -0.05) is 30.8 Å². The van der Waals surface area contributed by atoms with Crippen molar-refractivity contribution in [2.24, 2.45) is 0 Å². The van der Waals surface area contributed by atoms with Crippen LogP contribution in [0, 0.1) is 11.3 Å². The van der Waals surface area contributed by atoms with Crippen molar-refractivity contribution in [2.45, 2.75) is 25.0 Å². The third-order valence-corrected chi connectivity index (χ3v) is 4.44. The Morgan fingerprint density at radius 3 is 3.08 bits per heavy atom. The Morgan fingerprint density at radius 1 is 1.46 bits per heavy atom. The molecule has 1 aromatic carbocycles. The summed E-state index contributed by atoms with van der Waals surface area (Å²) >= 11 is 1.37. The fourth-order valence-corrected chi connectivity index (χ4v) is 3.19. The second-order valence-electron chi connectivity index (χ2n) is 5.15. The molecule has 6 nitrogen and oxygen atoms in total. The van der Waals surface area contributed by atoms with Crippen molar-refractivity contribution in [2.75, 3.05) is 11.1 Å². The summed E-state index contributed by atoms with van der Waals surface area (Å²) in [5, 5.41) is 13.5. The van der Waals surface area contributed by atoms with Crippen LogP contribution in [-0.2, 0) is 11.3 Å². The largest absolute Gasteiger partial charge is 0.443 e. The minimum Gasteiger partial charge on any atom is -0.443 e. The van der Waals surface area contributed by atoms with Crippen LogP contribution < -0.4 is 5.32 Å². The third-order valence-electron chi connectivity index (χ3n) is 3.44. The minimum atomic E-state index is -0.200. The van der Waals surface area contributed by atoms with Crippen molar-refractivity contribution < 1.29 is 9.21 Å². The predicted molar refractivity (Wildman–Crippen MR) is 92.8 cm³/mol. The summed E-state index contributed by atoms with van der Waals surface area (Å²) in [6.07, 6.45) is 4.64. The zero-order valence-corrected chi connectivity index (χ0v) is 14.0. The third kappa shape index (κ3) is 3.29. The number of benzene rings is 1. The number of fused-ring (bicyclic) bond motifs is 1. The van der Waals surface area contributed by atoms with E-state index in [4.69, 9.17) is 4.42 Å². The molecule has 3 rings (SSSR count). The van der Waals surface area contributed by atoms with Crippen LogP contribution in [0.15, 0.2) is 46.2 Å². The van der Waals surface area contributed by atoms with Crippen LogP contribution in [0.25, 0.3) is 11.0 Å². The lowest BCUT2D eigenvalue weighted by molar-refractivity contribution is -0.113. The maximum Gasteiger partial charge on any atom is 0.234 e. The molecule has 0 saturated carbocycles. The molecular weight excluding hydrogens is 324 g/mol. The van der Waals surface area contributed by atoms with E-state index in [2.05, 4.69) is 17.2 Å². The number of furan rings is 1. The van der Waals surface area contributed by atoms with Crippen LogP contribution in [0.4, 0.5) is 5.69 Å². The molecule has 0 bridgehead atoms. The van der Waals surface area contributed by atoms with E-state index in [1.807, 2.05) is 35.0 Å². The number of aryl methyl sites for hydroxylation is 1. The first-order chi connectivity index (χ1) is 11.7. The zero-order chi connectivity index (χ0) is 16.9. The van der Waals surface area contributed by atoms with Gasteiger partial charge in [0.2, 0.25) is 11.7 Å². The summed E-state index contributed by atoms with van der Waals surface area (Å²) in [5.74, 6) is 0.126. The fraction of sp³-hybridized carbons (Fsp3) is 0.235. The number of imidazole rings is 1. The Labute approximate surface area is 143 Å². The number of thioether (sulfide) groups is 1. The van der Waals surface area contributed by atoms with Crippen molar-refractivity contribution in [3.63, 3.8) is 0 Å². The lowest BCUT2D eigenvalue weighted by Crippen LogP contribution is -2.15. The minimum absolute atomic E-state index is 0.113. The molecule has 24 heavy (non-hydrogen) atoms. The molecule has 7 heteroatoms. The average molecular weight is 340 g/mol. The molecule has 0 fully saturated rings. The Balaban J connectivity index is 1.71. The van der Waals surface area contributed by atoms with Gasteiger partial charge in [0.15, 0.2) is 5.16 Å². The Kier molecular flexibility index (Phi) is 4.87. The monoisotopic (exact) mass is 340 g/mol. The summed E-state index contributed by atoms with van der Waals surface area (Å²) in [5.41, 5.74) is 1.01. The van der Waals surface area contributed by atoms with Gasteiger partial charge in [0.25, 0.3) is 0 Å². The molecule has 0 radical (unpaired) electrons. The Morgan fingerprint density at radius 2 is 2.29 bits per heavy atom. The molecule has 0 atom stereocenters. The first-order valence-corrected chi connectivity index (χ1v) is 8.57. The number of hydrogen-bond acceptors (Lipinski definition) is 5. The molecule has 122 valence electrons. The lowest BCUT2D eigenvalue weighted by atomic mass is 10.2. The number of anilines is 1. The molecule has 1 amide bonds. The number of nitriles is 1. The Hall–Kier alpha value is -2.72. The maximum atomic E-state index is 12.3. The topological polar surface area (TPSA) is 83.9 Å². The summed E-state index contributed by atoms with van der Waals surface area (Å²) < 4.78 is 7.47. The van der Waals surface area contributed by atoms with E-state index in [0.717, 1.165) is 23.5 Å². The van der Waals surface area contributed by atoms with Gasteiger partial charge >= 0.3 is 0 Å². The van der Waals surface area contributed by atoms with Gasteiger partial charge in [-0.15, -0.1) is 0 Å². The highest BCUT2D eigenvalue weighted by Gasteiger charge is 2.16. The SMILES string of the molecule is CCCn1ccnc1SCC(=O)Nc1c(C#N)oc2ccccc12. The van der Waals surface area contributed by atoms with E-state index in [0.29, 0.717) is 11.3 Å². The second-order valence-corrected chi connectivity index (χ2v) is 6.10. The number of aromatic nitrogens is 2. The molecule has 2 aromatic heterocycles. The zero-order valence-electron chi connectivity index (χ0n) is 13.2. The molecule has 1 N–H and O–H groups in total. The lowest BCUT2D eigenvalue weighted by Gasteiger charge is -2.06. The summed E-state index contributed by atoms with van der Waals surface area (Å²) in [4.78, 5) is 16.5. The van der Waals surface area contributed by atoms with Crippen LogP contribution in [0.2, 0.25) is 0 Å². The smallest absolute Gasteiger partial charge is 0.234 e. The van der Waals surface area contributed by atoms with E-state index in [9.17, 15) is 10.1 Å². The second kappa shape index (κ2) is 7.23. The summed E-state index contributed by atoms with van der Waals surface area (Å²) in [6.45, 7) is 2.96. The molecule has 0 aliphatic rings. The fourth-order valence-electron chi connectivity index (χ4n) is 2.40. The first kappa shape index (κ1) is 16.1. The van der Waals surface area contributed by atoms with E-state index >= 15 is 0 Å². The molecule has 0 aliphatic heterocycles. The van der Waals surface area contributed by atoms with Gasteiger partial charge in [-0.3, -0.25) is 4.79 Å². The van der Waals surface area contributed by atoms with Crippen molar-refractivity contribution in [1.29, 1.82) is 5.26 Å².